The van der Waals surface area contributed by atoms with Crippen LogP contribution in [0.25, 0.3) is 11.8 Å². The molecule has 0 bridgehead atoms. The Hall–Kier alpha value is -3.01. The number of benzene rings is 1. The zero-order valence-corrected chi connectivity index (χ0v) is 12.6. The van der Waals surface area contributed by atoms with Gasteiger partial charge in [-0.05, 0) is 36.6 Å². The van der Waals surface area contributed by atoms with E-state index < -0.39 is 0 Å². The van der Waals surface area contributed by atoms with Crippen molar-refractivity contribution >= 4 is 11.8 Å². The average Bonchev–Trinajstić information content (AvgIpc) is 2.62. The van der Waals surface area contributed by atoms with Gasteiger partial charge in [0.1, 0.15) is 12.1 Å². The zero-order chi connectivity index (χ0) is 15.9. The summed E-state index contributed by atoms with van der Waals surface area (Å²) in [7, 11) is 0. The predicted octanol–water partition coefficient (Wildman–Crippen LogP) is 3.71. The number of aromatic nitrogens is 3. The van der Waals surface area contributed by atoms with Crippen LogP contribution in [0.15, 0.2) is 67.3 Å². The summed E-state index contributed by atoms with van der Waals surface area (Å²) in [5, 5.41) is 10.1. The molecule has 114 valence electrons. The SMILES string of the molecule is O/C(=C\c1cc(CCc2ccccc2)ncn1)c1cccnc1. The largest absolute Gasteiger partial charge is 0.507 e. The number of aryl methyl sites for hydroxylation is 2. The van der Waals surface area contributed by atoms with E-state index >= 15 is 0 Å². The number of aliphatic hydroxyl groups is 1. The summed E-state index contributed by atoms with van der Waals surface area (Å²) in [5.74, 6) is 0.144. The zero-order valence-electron chi connectivity index (χ0n) is 12.6. The van der Waals surface area contributed by atoms with Crippen LogP contribution in [-0.2, 0) is 12.8 Å². The summed E-state index contributed by atoms with van der Waals surface area (Å²) in [5.41, 5.74) is 3.58. The van der Waals surface area contributed by atoms with Crippen LogP contribution in [0.3, 0.4) is 0 Å². The molecule has 0 fully saturated rings. The Morgan fingerprint density at radius 3 is 2.65 bits per heavy atom. The normalized spacial score (nSPS) is 11.4. The molecule has 1 aromatic carbocycles. The second-order valence-corrected chi connectivity index (χ2v) is 5.19. The molecule has 1 N–H and O–H groups in total. The van der Waals surface area contributed by atoms with E-state index in [1.807, 2.05) is 24.3 Å². The van der Waals surface area contributed by atoms with Crippen molar-refractivity contribution in [1.82, 2.24) is 15.0 Å². The summed E-state index contributed by atoms with van der Waals surface area (Å²) >= 11 is 0. The molecule has 4 heteroatoms. The van der Waals surface area contributed by atoms with E-state index in [-0.39, 0.29) is 5.76 Å². The van der Waals surface area contributed by atoms with Gasteiger partial charge < -0.3 is 5.11 Å². The number of hydrogen-bond acceptors (Lipinski definition) is 4. The van der Waals surface area contributed by atoms with Crippen molar-refractivity contribution in [2.24, 2.45) is 0 Å². The van der Waals surface area contributed by atoms with Crippen molar-refractivity contribution in [3.63, 3.8) is 0 Å². The smallest absolute Gasteiger partial charge is 0.126 e. The molecule has 0 aliphatic rings. The fourth-order valence-electron chi connectivity index (χ4n) is 2.29. The molecule has 4 nitrogen and oxygen atoms in total. The second kappa shape index (κ2) is 7.31. The van der Waals surface area contributed by atoms with Crippen molar-refractivity contribution in [2.75, 3.05) is 0 Å². The minimum Gasteiger partial charge on any atom is -0.507 e. The third-order valence-electron chi connectivity index (χ3n) is 3.50. The van der Waals surface area contributed by atoms with Crippen molar-refractivity contribution in [3.8, 4) is 0 Å². The molecule has 0 unspecified atom stereocenters. The molecule has 0 aliphatic carbocycles. The molecule has 3 rings (SSSR count). The van der Waals surface area contributed by atoms with Crippen LogP contribution in [-0.4, -0.2) is 20.1 Å². The number of hydrogen-bond donors (Lipinski definition) is 1. The van der Waals surface area contributed by atoms with Gasteiger partial charge in [-0.25, -0.2) is 9.97 Å². The molecular weight excluding hydrogens is 286 g/mol. The molecule has 2 heterocycles. The third-order valence-corrected chi connectivity index (χ3v) is 3.50. The minimum atomic E-state index is 0.144. The Balaban J connectivity index is 1.72. The lowest BCUT2D eigenvalue weighted by atomic mass is 10.1. The highest BCUT2D eigenvalue weighted by Gasteiger charge is 2.02. The van der Waals surface area contributed by atoms with Crippen molar-refractivity contribution < 1.29 is 5.11 Å². The Kier molecular flexibility index (Phi) is 4.74. The Morgan fingerprint density at radius 2 is 1.87 bits per heavy atom. The molecule has 2 aromatic heterocycles. The highest BCUT2D eigenvalue weighted by Crippen LogP contribution is 2.14. The minimum absolute atomic E-state index is 0.144. The van der Waals surface area contributed by atoms with Gasteiger partial charge in [0.25, 0.3) is 0 Å². The molecule has 0 saturated heterocycles. The van der Waals surface area contributed by atoms with Gasteiger partial charge in [0, 0.05) is 29.7 Å². The molecular formula is C19H17N3O. The Labute approximate surface area is 135 Å². The summed E-state index contributed by atoms with van der Waals surface area (Å²) in [4.78, 5) is 12.5. The first-order valence-corrected chi connectivity index (χ1v) is 7.47. The van der Waals surface area contributed by atoms with Gasteiger partial charge in [0.05, 0.1) is 5.69 Å². The molecule has 23 heavy (non-hydrogen) atoms. The van der Waals surface area contributed by atoms with Gasteiger partial charge in [-0.15, -0.1) is 0 Å². The summed E-state index contributed by atoms with van der Waals surface area (Å²) in [6, 6.07) is 15.8. The van der Waals surface area contributed by atoms with Gasteiger partial charge in [-0.2, -0.15) is 0 Å². The van der Waals surface area contributed by atoms with Crippen LogP contribution in [0, 0.1) is 0 Å². The first-order chi connectivity index (χ1) is 11.3. The van der Waals surface area contributed by atoms with E-state index in [0.29, 0.717) is 11.3 Å². The number of nitrogens with zero attached hydrogens (tertiary/aromatic N) is 3. The van der Waals surface area contributed by atoms with E-state index in [1.165, 1.54) is 11.9 Å². The van der Waals surface area contributed by atoms with Crippen molar-refractivity contribution in [3.05, 3.63) is 89.8 Å². The Morgan fingerprint density at radius 1 is 1.00 bits per heavy atom. The average molecular weight is 303 g/mol. The van der Waals surface area contributed by atoms with Crippen LogP contribution < -0.4 is 0 Å². The molecule has 0 radical (unpaired) electrons. The quantitative estimate of drug-likeness (QED) is 0.730. The summed E-state index contributed by atoms with van der Waals surface area (Å²) in [6.45, 7) is 0. The van der Waals surface area contributed by atoms with Crippen molar-refractivity contribution in [1.29, 1.82) is 0 Å². The Bertz CT molecular complexity index is 786. The summed E-state index contributed by atoms with van der Waals surface area (Å²) in [6.07, 6.45) is 8.20. The van der Waals surface area contributed by atoms with Crippen LogP contribution in [0.1, 0.15) is 22.5 Å². The van der Waals surface area contributed by atoms with Crippen LogP contribution >= 0.6 is 0 Å². The predicted molar refractivity (Wildman–Crippen MR) is 90.6 cm³/mol. The maximum Gasteiger partial charge on any atom is 0.126 e. The van der Waals surface area contributed by atoms with Gasteiger partial charge in [-0.1, -0.05) is 30.3 Å². The lowest BCUT2D eigenvalue weighted by Gasteiger charge is -2.03. The highest BCUT2D eigenvalue weighted by atomic mass is 16.3. The lowest BCUT2D eigenvalue weighted by molar-refractivity contribution is 0.515. The van der Waals surface area contributed by atoms with Crippen LogP contribution in [0.5, 0.6) is 0 Å². The molecule has 0 aliphatic heterocycles. The van der Waals surface area contributed by atoms with Crippen LogP contribution in [0.2, 0.25) is 0 Å². The number of aliphatic hydroxyl groups excluding tert-OH is 1. The molecule has 0 spiro atoms. The van der Waals surface area contributed by atoms with E-state index in [0.717, 1.165) is 18.5 Å². The van der Waals surface area contributed by atoms with E-state index in [4.69, 9.17) is 0 Å². The first-order valence-electron chi connectivity index (χ1n) is 7.47. The third kappa shape index (κ3) is 4.23. The number of rotatable bonds is 5. The topological polar surface area (TPSA) is 58.9 Å². The standard InChI is InChI=1S/C19H17N3O/c23-19(16-7-4-10-20-13-16)12-18-11-17(21-14-22-18)9-8-15-5-2-1-3-6-15/h1-7,10-14,23H,8-9H2/b19-12-. The second-order valence-electron chi connectivity index (χ2n) is 5.19. The molecule has 3 aromatic rings. The first kappa shape index (κ1) is 14.9. The van der Waals surface area contributed by atoms with E-state index in [2.05, 4.69) is 27.1 Å². The van der Waals surface area contributed by atoms with Crippen molar-refractivity contribution in [2.45, 2.75) is 12.8 Å². The fourth-order valence-corrected chi connectivity index (χ4v) is 2.29. The van der Waals surface area contributed by atoms with Gasteiger partial charge in [0.15, 0.2) is 0 Å². The van der Waals surface area contributed by atoms with E-state index in [1.54, 1.807) is 30.6 Å². The van der Waals surface area contributed by atoms with Gasteiger partial charge in [0.2, 0.25) is 0 Å². The molecule has 0 saturated carbocycles. The maximum absolute atomic E-state index is 10.1. The maximum atomic E-state index is 10.1. The van der Waals surface area contributed by atoms with Crippen LogP contribution in [0.4, 0.5) is 0 Å². The summed E-state index contributed by atoms with van der Waals surface area (Å²) < 4.78 is 0. The van der Waals surface area contributed by atoms with E-state index in [9.17, 15) is 5.11 Å². The highest BCUT2D eigenvalue weighted by molar-refractivity contribution is 5.74. The van der Waals surface area contributed by atoms with Gasteiger partial charge >= 0.3 is 0 Å². The monoisotopic (exact) mass is 303 g/mol. The lowest BCUT2D eigenvalue weighted by Crippen LogP contribution is -1.96. The molecule has 0 amide bonds. The fraction of sp³-hybridized carbons (Fsp3) is 0.105. The number of pyridine rings is 1. The molecule has 0 atom stereocenters. The van der Waals surface area contributed by atoms with Gasteiger partial charge in [-0.3, -0.25) is 4.98 Å².